The number of nitrogens with zero attached hydrogens (tertiary/aromatic N) is 4. The fourth-order valence-corrected chi connectivity index (χ4v) is 5.17. The number of benzene rings is 2. The number of aromatic nitrogens is 4. The maximum Gasteiger partial charge on any atom is 0.228 e. The van der Waals surface area contributed by atoms with Gasteiger partial charge in [-0.1, -0.05) is 56.3 Å². The van der Waals surface area contributed by atoms with Crippen molar-refractivity contribution in [2.24, 2.45) is 5.41 Å². The Kier molecular flexibility index (Phi) is 4.95. The van der Waals surface area contributed by atoms with E-state index in [0.29, 0.717) is 47.9 Å². The van der Waals surface area contributed by atoms with Gasteiger partial charge in [-0.15, -0.1) is 5.10 Å². The molecule has 0 radical (unpaired) electrons. The summed E-state index contributed by atoms with van der Waals surface area (Å²) >= 11 is 0. The summed E-state index contributed by atoms with van der Waals surface area (Å²) in [7, 11) is 1.64. The van der Waals surface area contributed by atoms with Gasteiger partial charge in [0.15, 0.2) is 17.3 Å². The Hall–Kier alpha value is -4.00. The minimum Gasteiger partial charge on any atom is -0.497 e. The summed E-state index contributed by atoms with van der Waals surface area (Å²) in [6.45, 7) is 4.20. The lowest BCUT2D eigenvalue weighted by Crippen LogP contribution is -2.33. The minimum atomic E-state index is -0.340. The summed E-state index contributed by atoms with van der Waals surface area (Å²) in [5, 5.41) is 4.68. The van der Waals surface area contributed by atoms with E-state index in [-0.39, 0.29) is 17.1 Å². The largest absolute Gasteiger partial charge is 0.497 e. The third kappa shape index (κ3) is 3.77. The van der Waals surface area contributed by atoms with Crippen molar-refractivity contribution in [3.63, 3.8) is 0 Å². The van der Waals surface area contributed by atoms with Crippen LogP contribution in [0, 0.1) is 5.41 Å². The van der Waals surface area contributed by atoms with Gasteiger partial charge in [0, 0.05) is 30.8 Å². The highest BCUT2D eigenvalue weighted by atomic mass is 16.5. The normalized spacial score (nSPS) is 18.7. The van der Waals surface area contributed by atoms with E-state index in [2.05, 4.69) is 36.1 Å². The molecule has 1 aliphatic heterocycles. The van der Waals surface area contributed by atoms with Gasteiger partial charge in [0.1, 0.15) is 17.8 Å². The molecule has 2 aliphatic rings. The number of ketones is 1. The SMILES string of the molecule is COc1ccc([C@H]2C3=C(CC(C)(C)CC3=O)Oc3ncn4nc(Cc5ccccc5)nc4c32)cc1. The van der Waals surface area contributed by atoms with E-state index < -0.39 is 0 Å². The van der Waals surface area contributed by atoms with Gasteiger partial charge < -0.3 is 9.47 Å². The van der Waals surface area contributed by atoms with E-state index in [1.54, 1.807) is 18.0 Å². The van der Waals surface area contributed by atoms with E-state index in [9.17, 15) is 4.79 Å². The molecule has 0 spiro atoms. The van der Waals surface area contributed by atoms with Gasteiger partial charge in [-0.3, -0.25) is 4.79 Å². The van der Waals surface area contributed by atoms with Crippen LogP contribution >= 0.6 is 0 Å². The first-order chi connectivity index (χ1) is 16.9. The molecule has 3 heterocycles. The highest BCUT2D eigenvalue weighted by molar-refractivity contribution is 6.00. The van der Waals surface area contributed by atoms with Crippen molar-refractivity contribution < 1.29 is 14.3 Å². The lowest BCUT2D eigenvalue weighted by Gasteiger charge is -2.37. The Morgan fingerprint density at radius 2 is 1.86 bits per heavy atom. The maximum absolute atomic E-state index is 13.5. The predicted molar refractivity (Wildman–Crippen MR) is 131 cm³/mol. The topological polar surface area (TPSA) is 78.6 Å². The Bertz CT molecular complexity index is 1470. The van der Waals surface area contributed by atoms with Crippen molar-refractivity contribution in [2.45, 2.75) is 39.0 Å². The molecule has 0 bridgehead atoms. The quantitative estimate of drug-likeness (QED) is 0.426. The van der Waals surface area contributed by atoms with Gasteiger partial charge in [0.05, 0.1) is 12.7 Å². The van der Waals surface area contributed by atoms with Gasteiger partial charge in [0.25, 0.3) is 0 Å². The number of hydrogen-bond acceptors (Lipinski definition) is 6. The summed E-state index contributed by atoms with van der Waals surface area (Å²) in [5.41, 5.74) is 4.06. The number of Topliss-reactive ketones (excluding diaryl/α,β-unsaturated/α-hetero) is 1. The first-order valence-corrected chi connectivity index (χ1v) is 11.8. The van der Waals surface area contributed by atoms with Gasteiger partial charge in [-0.05, 0) is 28.7 Å². The zero-order valence-electron chi connectivity index (χ0n) is 20.0. The molecular weight excluding hydrogens is 440 g/mol. The smallest absolute Gasteiger partial charge is 0.228 e. The summed E-state index contributed by atoms with van der Waals surface area (Å²) < 4.78 is 13.4. The summed E-state index contributed by atoms with van der Waals surface area (Å²) in [5.74, 6) is 2.41. The Balaban J connectivity index is 1.53. The first kappa shape index (κ1) is 21.5. The molecular formula is C28H26N4O3. The molecule has 0 saturated carbocycles. The molecule has 0 fully saturated rings. The fraction of sp³-hybridized carbons (Fsp3) is 0.286. The van der Waals surface area contributed by atoms with Crippen LogP contribution in [-0.2, 0) is 11.2 Å². The standard InChI is InChI=1S/C28H26N4O3/c1-28(2)14-20(33)24-21(15-28)35-27-25(23(24)18-9-11-19(34-3)12-10-18)26-30-22(31-32(26)16-29-27)13-17-7-5-4-6-8-17/h4-12,16,23H,13-15H2,1-3H3/t23-/m0/s1. The molecule has 2 aromatic heterocycles. The zero-order chi connectivity index (χ0) is 24.2. The van der Waals surface area contributed by atoms with Crippen molar-refractivity contribution in [3.05, 3.63) is 94.8 Å². The van der Waals surface area contributed by atoms with E-state index in [4.69, 9.17) is 14.5 Å². The molecule has 2 aromatic carbocycles. The lowest BCUT2D eigenvalue weighted by molar-refractivity contribution is -0.118. The van der Waals surface area contributed by atoms with Crippen LogP contribution in [-0.4, -0.2) is 32.5 Å². The summed E-state index contributed by atoms with van der Waals surface area (Å²) in [6, 6.07) is 18.0. The second-order valence-corrected chi connectivity index (χ2v) is 10.0. The Labute approximate surface area is 203 Å². The van der Waals surface area contributed by atoms with Crippen LogP contribution in [0.4, 0.5) is 0 Å². The molecule has 0 unspecified atom stereocenters. The molecule has 4 aromatic rings. The van der Waals surface area contributed by atoms with Gasteiger partial charge >= 0.3 is 0 Å². The lowest BCUT2D eigenvalue weighted by atomic mass is 9.70. The summed E-state index contributed by atoms with van der Waals surface area (Å²) in [4.78, 5) is 23.0. The van der Waals surface area contributed by atoms with Gasteiger partial charge in [-0.2, -0.15) is 0 Å². The molecule has 7 nitrogen and oxygen atoms in total. The van der Waals surface area contributed by atoms with E-state index in [1.165, 1.54) is 0 Å². The fourth-order valence-electron chi connectivity index (χ4n) is 5.17. The summed E-state index contributed by atoms with van der Waals surface area (Å²) in [6.07, 6.45) is 3.40. The van der Waals surface area contributed by atoms with E-state index in [1.807, 2.05) is 42.5 Å². The molecule has 1 atom stereocenters. The number of allylic oxidation sites excluding steroid dienone is 2. The third-order valence-electron chi connectivity index (χ3n) is 6.76. The van der Waals surface area contributed by atoms with Crippen LogP contribution in [0.25, 0.3) is 5.65 Å². The van der Waals surface area contributed by atoms with E-state index >= 15 is 0 Å². The first-order valence-electron chi connectivity index (χ1n) is 11.8. The van der Waals surface area contributed by atoms with Gasteiger partial charge in [-0.25, -0.2) is 14.5 Å². The number of rotatable bonds is 4. The number of ether oxygens (including phenoxy) is 2. The minimum absolute atomic E-state index is 0.105. The highest BCUT2D eigenvalue weighted by Crippen LogP contribution is 2.50. The van der Waals surface area contributed by atoms with Crippen LogP contribution in [0.5, 0.6) is 11.6 Å². The molecule has 7 heteroatoms. The van der Waals surface area contributed by atoms with Crippen molar-refractivity contribution in [2.75, 3.05) is 7.11 Å². The average Bonchev–Trinajstić information content (AvgIpc) is 3.25. The van der Waals surface area contributed by atoms with Crippen molar-refractivity contribution in [3.8, 4) is 11.6 Å². The van der Waals surface area contributed by atoms with Crippen LogP contribution < -0.4 is 9.47 Å². The third-order valence-corrected chi connectivity index (χ3v) is 6.76. The molecule has 0 amide bonds. The molecule has 0 N–H and O–H groups in total. The number of hydrogen-bond donors (Lipinski definition) is 0. The van der Waals surface area contributed by atoms with Crippen molar-refractivity contribution >= 4 is 11.4 Å². The molecule has 0 saturated heterocycles. The number of methoxy groups -OCH3 is 1. The van der Waals surface area contributed by atoms with Crippen LogP contribution in [0.2, 0.25) is 0 Å². The predicted octanol–water partition coefficient (Wildman–Crippen LogP) is 4.89. The van der Waals surface area contributed by atoms with Crippen molar-refractivity contribution in [1.82, 2.24) is 19.6 Å². The number of carbonyl (C=O) groups is 1. The highest BCUT2D eigenvalue weighted by Gasteiger charge is 2.43. The molecule has 1 aliphatic carbocycles. The van der Waals surface area contributed by atoms with Crippen LogP contribution in [0.3, 0.4) is 0 Å². The molecule has 176 valence electrons. The molecule has 35 heavy (non-hydrogen) atoms. The van der Waals surface area contributed by atoms with Crippen LogP contribution in [0.1, 0.15) is 55.1 Å². The van der Waals surface area contributed by atoms with Crippen LogP contribution in [0.15, 0.2) is 72.3 Å². The second kappa shape index (κ2) is 8.05. The number of fused-ring (bicyclic) bond motifs is 3. The average molecular weight is 467 g/mol. The second-order valence-electron chi connectivity index (χ2n) is 10.0. The van der Waals surface area contributed by atoms with E-state index in [0.717, 1.165) is 22.4 Å². The zero-order valence-corrected chi connectivity index (χ0v) is 20.0. The van der Waals surface area contributed by atoms with Crippen molar-refractivity contribution in [1.29, 1.82) is 0 Å². The monoisotopic (exact) mass is 466 g/mol. The molecule has 6 rings (SSSR count). The number of carbonyl (C=O) groups excluding carboxylic acids is 1. The Morgan fingerprint density at radius 3 is 2.60 bits per heavy atom. The Morgan fingerprint density at radius 1 is 1.09 bits per heavy atom. The van der Waals surface area contributed by atoms with Gasteiger partial charge in [0.2, 0.25) is 5.88 Å². The maximum atomic E-state index is 13.5.